The summed E-state index contributed by atoms with van der Waals surface area (Å²) in [6, 6.07) is 4.12. The Hall–Kier alpha value is -1.99. The molecule has 0 aliphatic carbocycles. The largest absolute Gasteiger partial charge is 0.358 e. The summed E-state index contributed by atoms with van der Waals surface area (Å²) in [5, 5.41) is 8.70. The number of pyridine rings is 1. The maximum atomic E-state index is 5.58. The second-order valence-corrected chi connectivity index (χ2v) is 6.77. The van der Waals surface area contributed by atoms with Crippen molar-refractivity contribution < 1.29 is 0 Å². The molecule has 0 saturated carbocycles. The van der Waals surface area contributed by atoms with Gasteiger partial charge in [0.25, 0.3) is 0 Å². The lowest BCUT2D eigenvalue weighted by Crippen LogP contribution is -2.51. The third-order valence-corrected chi connectivity index (χ3v) is 4.99. The Balaban J connectivity index is 1.44. The molecule has 0 atom stereocenters. The standard InChI is InChI=1S/C18H26N6S/c1-3-24-14-17(15(2)21-24)12-20-18(25)23-9-7-22(8-10-23)13-16-5-4-6-19-11-16/h4-6,11,14H,3,7-10,12-13H2,1-2H3,(H,20,25). The summed E-state index contributed by atoms with van der Waals surface area (Å²) in [5.41, 5.74) is 3.54. The molecule has 1 fully saturated rings. The van der Waals surface area contributed by atoms with E-state index in [9.17, 15) is 0 Å². The molecule has 0 unspecified atom stereocenters. The number of nitrogens with one attached hydrogen (secondary N) is 1. The van der Waals surface area contributed by atoms with Crippen LogP contribution in [0.3, 0.4) is 0 Å². The summed E-state index contributed by atoms with van der Waals surface area (Å²) < 4.78 is 1.96. The van der Waals surface area contributed by atoms with Crippen LogP contribution in [-0.4, -0.2) is 55.9 Å². The molecule has 2 aromatic rings. The molecule has 25 heavy (non-hydrogen) atoms. The molecule has 0 spiro atoms. The van der Waals surface area contributed by atoms with Crippen LogP contribution in [0.5, 0.6) is 0 Å². The Labute approximate surface area is 154 Å². The number of hydrogen-bond donors (Lipinski definition) is 1. The molecule has 0 amide bonds. The van der Waals surface area contributed by atoms with E-state index in [1.807, 2.05) is 30.1 Å². The molecule has 3 heterocycles. The van der Waals surface area contributed by atoms with E-state index in [1.165, 1.54) is 11.1 Å². The Morgan fingerprint density at radius 2 is 2.08 bits per heavy atom. The van der Waals surface area contributed by atoms with Crippen molar-refractivity contribution in [3.05, 3.63) is 47.5 Å². The highest BCUT2D eigenvalue weighted by atomic mass is 32.1. The Bertz CT molecular complexity index is 691. The molecular formula is C18H26N6S. The fourth-order valence-corrected chi connectivity index (χ4v) is 3.29. The number of rotatable bonds is 5. The van der Waals surface area contributed by atoms with Crippen molar-refractivity contribution in [2.24, 2.45) is 0 Å². The number of thiocarbonyl (C=S) groups is 1. The minimum absolute atomic E-state index is 0.737. The summed E-state index contributed by atoms with van der Waals surface area (Å²) in [7, 11) is 0. The van der Waals surface area contributed by atoms with E-state index in [0.717, 1.165) is 56.6 Å². The normalized spacial score (nSPS) is 15.4. The summed E-state index contributed by atoms with van der Waals surface area (Å²) in [5.74, 6) is 0. The number of piperazine rings is 1. The minimum atomic E-state index is 0.737. The smallest absolute Gasteiger partial charge is 0.169 e. The maximum absolute atomic E-state index is 5.58. The second-order valence-electron chi connectivity index (χ2n) is 6.38. The Morgan fingerprint density at radius 3 is 2.72 bits per heavy atom. The average molecular weight is 359 g/mol. The number of nitrogens with zero attached hydrogens (tertiary/aromatic N) is 5. The van der Waals surface area contributed by atoms with Crippen molar-refractivity contribution in [3.8, 4) is 0 Å². The molecule has 0 aromatic carbocycles. The molecule has 1 N–H and O–H groups in total. The van der Waals surface area contributed by atoms with Crippen molar-refractivity contribution in [1.29, 1.82) is 0 Å². The van der Waals surface area contributed by atoms with Gasteiger partial charge in [0.1, 0.15) is 0 Å². The van der Waals surface area contributed by atoms with Crippen LogP contribution in [0.15, 0.2) is 30.7 Å². The van der Waals surface area contributed by atoms with E-state index in [0.29, 0.717) is 0 Å². The number of hydrogen-bond acceptors (Lipinski definition) is 4. The lowest BCUT2D eigenvalue weighted by molar-refractivity contribution is 0.174. The zero-order valence-electron chi connectivity index (χ0n) is 15.0. The highest BCUT2D eigenvalue weighted by molar-refractivity contribution is 7.80. The van der Waals surface area contributed by atoms with E-state index >= 15 is 0 Å². The van der Waals surface area contributed by atoms with Crippen molar-refractivity contribution in [2.75, 3.05) is 26.2 Å². The molecule has 0 bridgehead atoms. The van der Waals surface area contributed by atoms with E-state index in [2.05, 4.69) is 44.4 Å². The molecule has 7 heteroatoms. The van der Waals surface area contributed by atoms with Gasteiger partial charge in [0.15, 0.2) is 5.11 Å². The van der Waals surface area contributed by atoms with Gasteiger partial charge in [0.2, 0.25) is 0 Å². The monoisotopic (exact) mass is 358 g/mol. The van der Waals surface area contributed by atoms with E-state index < -0.39 is 0 Å². The molecule has 0 radical (unpaired) electrons. The van der Waals surface area contributed by atoms with Crippen molar-refractivity contribution in [3.63, 3.8) is 0 Å². The summed E-state index contributed by atoms with van der Waals surface area (Å²) in [6.07, 6.45) is 5.85. The van der Waals surface area contributed by atoms with Gasteiger partial charge in [-0.3, -0.25) is 14.6 Å². The quantitative estimate of drug-likeness (QED) is 0.823. The van der Waals surface area contributed by atoms with E-state index in [1.54, 1.807) is 0 Å². The third kappa shape index (κ3) is 4.76. The Morgan fingerprint density at radius 1 is 1.28 bits per heavy atom. The molecule has 134 valence electrons. The molecule has 2 aromatic heterocycles. The zero-order chi connectivity index (χ0) is 17.6. The number of aryl methyl sites for hydroxylation is 2. The van der Waals surface area contributed by atoms with Crippen LogP contribution in [0.1, 0.15) is 23.7 Å². The predicted octanol–water partition coefficient (Wildman–Crippen LogP) is 1.80. The molecule has 1 aliphatic rings. The molecule has 1 saturated heterocycles. The van der Waals surface area contributed by atoms with Gasteiger partial charge >= 0.3 is 0 Å². The first-order valence-corrected chi connectivity index (χ1v) is 9.23. The fraction of sp³-hybridized carbons (Fsp3) is 0.500. The lowest BCUT2D eigenvalue weighted by Gasteiger charge is -2.36. The topological polar surface area (TPSA) is 49.2 Å². The first-order valence-electron chi connectivity index (χ1n) is 8.82. The molecular weight excluding hydrogens is 332 g/mol. The van der Waals surface area contributed by atoms with Crippen LogP contribution in [0.4, 0.5) is 0 Å². The molecule has 1 aliphatic heterocycles. The summed E-state index contributed by atoms with van der Waals surface area (Å²) in [6.45, 7) is 10.7. The average Bonchev–Trinajstić information content (AvgIpc) is 3.01. The third-order valence-electron chi connectivity index (χ3n) is 4.59. The first kappa shape index (κ1) is 17.8. The van der Waals surface area contributed by atoms with Gasteiger partial charge in [-0.05, 0) is 37.7 Å². The number of aromatic nitrogens is 3. The minimum Gasteiger partial charge on any atom is -0.358 e. The van der Waals surface area contributed by atoms with Crippen LogP contribution in [0.25, 0.3) is 0 Å². The van der Waals surface area contributed by atoms with Crippen molar-refractivity contribution in [2.45, 2.75) is 33.5 Å². The highest BCUT2D eigenvalue weighted by Gasteiger charge is 2.19. The van der Waals surface area contributed by atoms with Crippen LogP contribution >= 0.6 is 12.2 Å². The zero-order valence-corrected chi connectivity index (χ0v) is 15.8. The maximum Gasteiger partial charge on any atom is 0.169 e. The van der Waals surface area contributed by atoms with Gasteiger partial charge in [0.05, 0.1) is 5.69 Å². The molecule has 6 nitrogen and oxygen atoms in total. The predicted molar refractivity (Wildman–Crippen MR) is 103 cm³/mol. The second kappa shape index (κ2) is 8.40. The van der Waals surface area contributed by atoms with Crippen LogP contribution in [0, 0.1) is 6.92 Å². The van der Waals surface area contributed by atoms with Crippen molar-refractivity contribution >= 4 is 17.3 Å². The highest BCUT2D eigenvalue weighted by Crippen LogP contribution is 2.09. The van der Waals surface area contributed by atoms with Crippen LogP contribution < -0.4 is 5.32 Å². The van der Waals surface area contributed by atoms with Gasteiger partial charge in [0, 0.05) is 70.0 Å². The van der Waals surface area contributed by atoms with Gasteiger partial charge in [-0.1, -0.05) is 6.07 Å². The molecule has 3 rings (SSSR count). The van der Waals surface area contributed by atoms with E-state index in [-0.39, 0.29) is 0 Å². The van der Waals surface area contributed by atoms with Crippen LogP contribution in [0.2, 0.25) is 0 Å². The van der Waals surface area contributed by atoms with Gasteiger partial charge < -0.3 is 10.2 Å². The SMILES string of the molecule is CCn1cc(CNC(=S)N2CCN(Cc3cccnc3)CC2)c(C)n1. The summed E-state index contributed by atoms with van der Waals surface area (Å²) >= 11 is 5.58. The van der Waals surface area contributed by atoms with Gasteiger partial charge in [-0.2, -0.15) is 5.10 Å². The fourth-order valence-electron chi connectivity index (χ4n) is 3.04. The lowest BCUT2D eigenvalue weighted by atomic mass is 10.2. The van der Waals surface area contributed by atoms with Gasteiger partial charge in [-0.15, -0.1) is 0 Å². The summed E-state index contributed by atoms with van der Waals surface area (Å²) in [4.78, 5) is 8.90. The first-order chi connectivity index (χ1) is 12.2. The van der Waals surface area contributed by atoms with E-state index in [4.69, 9.17) is 12.2 Å². The van der Waals surface area contributed by atoms with Gasteiger partial charge in [-0.25, -0.2) is 0 Å². The van der Waals surface area contributed by atoms with Crippen LogP contribution in [-0.2, 0) is 19.6 Å². The Kier molecular flexibility index (Phi) is 5.99. The van der Waals surface area contributed by atoms with Crippen molar-refractivity contribution in [1.82, 2.24) is 29.9 Å².